The van der Waals surface area contributed by atoms with Gasteiger partial charge in [-0.25, -0.2) is 0 Å². The van der Waals surface area contributed by atoms with Gasteiger partial charge in [0.15, 0.2) is 11.5 Å². The summed E-state index contributed by atoms with van der Waals surface area (Å²) in [5, 5.41) is 13.7. The minimum absolute atomic E-state index is 0.0114. The van der Waals surface area contributed by atoms with Crippen molar-refractivity contribution in [2.24, 2.45) is 5.92 Å². The Morgan fingerprint density at radius 3 is 2.69 bits per heavy atom. The molecule has 1 saturated heterocycles. The van der Waals surface area contributed by atoms with Crippen LogP contribution in [-0.4, -0.2) is 37.2 Å². The minimum atomic E-state index is -0.0835. The smallest absolute Gasteiger partial charge is 0.227 e. The summed E-state index contributed by atoms with van der Waals surface area (Å²) in [4.78, 5) is 19.5. The number of carbonyl (C=O) groups excluding carboxylic acids is 1. The third kappa shape index (κ3) is 3.80. The van der Waals surface area contributed by atoms with Crippen LogP contribution in [0.25, 0.3) is 10.9 Å². The average Bonchev–Trinajstić information content (AvgIpc) is 2.83. The number of amides is 1. The molecule has 1 aromatic heterocycles. The van der Waals surface area contributed by atoms with Crippen LogP contribution >= 0.6 is 0 Å². The summed E-state index contributed by atoms with van der Waals surface area (Å²) in [5.74, 6) is 1.29. The highest BCUT2D eigenvalue weighted by Gasteiger charge is 2.27. The molecule has 0 bridgehead atoms. The van der Waals surface area contributed by atoms with Crippen LogP contribution < -0.4 is 19.7 Å². The van der Waals surface area contributed by atoms with E-state index in [0.717, 1.165) is 35.0 Å². The van der Waals surface area contributed by atoms with Crippen molar-refractivity contribution in [2.75, 3.05) is 36.5 Å². The summed E-state index contributed by atoms with van der Waals surface area (Å²) < 4.78 is 11.1. The third-order valence-corrected chi connectivity index (χ3v) is 6.11. The number of nitrogens with one attached hydrogen (secondary N) is 1. The van der Waals surface area contributed by atoms with Crippen molar-refractivity contribution in [3.8, 4) is 17.6 Å². The van der Waals surface area contributed by atoms with E-state index >= 15 is 0 Å². The number of aromatic nitrogens is 1. The van der Waals surface area contributed by atoms with E-state index in [9.17, 15) is 10.1 Å². The quantitative estimate of drug-likeness (QED) is 0.677. The van der Waals surface area contributed by atoms with E-state index in [0.29, 0.717) is 49.1 Å². The fourth-order valence-electron chi connectivity index (χ4n) is 4.45. The number of aryl methyl sites for hydroxylation is 1. The Morgan fingerprint density at radius 2 is 1.91 bits per heavy atom. The van der Waals surface area contributed by atoms with Crippen LogP contribution in [0.5, 0.6) is 11.5 Å². The lowest BCUT2D eigenvalue weighted by atomic mass is 9.94. The maximum Gasteiger partial charge on any atom is 0.227 e. The number of ether oxygens (including phenoxy) is 2. The summed E-state index contributed by atoms with van der Waals surface area (Å²) in [6.45, 7) is 4.51. The van der Waals surface area contributed by atoms with Gasteiger partial charge in [-0.05, 0) is 44.0 Å². The van der Waals surface area contributed by atoms with Crippen LogP contribution in [0.4, 0.5) is 11.4 Å². The summed E-state index contributed by atoms with van der Waals surface area (Å²) >= 11 is 0. The van der Waals surface area contributed by atoms with Crippen molar-refractivity contribution in [3.05, 3.63) is 53.7 Å². The zero-order valence-electron chi connectivity index (χ0n) is 17.9. The molecule has 0 aliphatic carbocycles. The molecule has 0 atom stereocenters. The molecule has 0 unspecified atom stereocenters. The highest BCUT2D eigenvalue weighted by molar-refractivity contribution is 5.96. The molecule has 7 nitrogen and oxygen atoms in total. The predicted octanol–water partition coefficient (Wildman–Crippen LogP) is 4.04. The maximum atomic E-state index is 12.9. The first-order valence-electron chi connectivity index (χ1n) is 10.9. The van der Waals surface area contributed by atoms with E-state index in [1.54, 1.807) is 6.20 Å². The number of hydrogen-bond acceptors (Lipinski definition) is 6. The lowest BCUT2D eigenvalue weighted by molar-refractivity contribution is -0.120. The molecule has 5 rings (SSSR count). The third-order valence-electron chi connectivity index (χ3n) is 6.11. The van der Waals surface area contributed by atoms with Crippen LogP contribution in [0.15, 0.2) is 42.6 Å². The van der Waals surface area contributed by atoms with Gasteiger partial charge in [0.25, 0.3) is 0 Å². The number of pyridine rings is 1. The predicted molar refractivity (Wildman–Crippen MR) is 122 cm³/mol. The highest BCUT2D eigenvalue weighted by Crippen LogP contribution is 2.35. The Morgan fingerprint density at radius 1 is 1.12 bits per heavy atom. The molecule has 0 saturated carbocycles. The monoisotopic (exact) mass is 428 g/mol. The molecule has 0 spiro atoms. The summed E-state index contributed by atoms with van der Waals surface area (Å²) in [6.07, 6.45) is 3.08. The second kappa shape index (κ2) is 8.39. The first-order chi connectivity index (χ1) is 15.6. The molecule has 2 aliphatic rings. The number of nitriles is 1. The second-order valence-electron chi connectivity index (χ2n) is 8.26. The normalized spacial score (nSPS) is 15.9. The van der Waals surface area contributed by atoms with Gasteiger partial charge in [-0.1, -0.05) is 11.6 Å². The van der Waals surface area contributed by atoms with Crippen molar-refractivity contribution in [1.82, 2.24) is 4.98 Å². The molecule has 2 aliphatic heterocycles. The van der Waals surface area contributed by atoms with Gasteiger partial charge in [-0.15, -0.1) is 0 Å². The summed E-state index contributed by atoms with van der Waals surface area (Å²) in [7, 11) is 0. The maximum absolute atomic E-state index is 12.9. The Bertz CT molecular complexity index is 1230. The first kappa shape index (κ1) is 20.1. The molecule has 3 heterocycles. The molecule has 1 fully saturated rings. The van der Waals surface area contributed by atoms with Crippen molar-refractivity contribution in [1.29, 1.82) is 5.26 Å². The zero-order chi connectivity index (χ0) is 22.1. The standard InChI is InChI=1S/C25H24N4O3/c1-16-2-4-21-20(12-16)24(18(14-26)15-27-21)29-8-6-17(7-9-29)25(30)28-19-3-5-22-23(13-19)32-11-10-31-22/h2-5,12-13,15,17H,6-11H2,1H3,(H,28,30). The van der Waals surface area contributed by atoms with Crippen molar-refractivity contribution in [2.45, 2.75) is 19.8 Å². The zero-order valence-corrected chi connectivity index (χ0v) is 17.9. The van der Waals surface area contributed by atoms with Crippen LogP contribution in [0.2, 0.25) is 0 Å². The fraction of sp³-hybridized carbons (Fsp3) is 0.320. The number of rotatable bonds is 3. The van der Waals surface area contributed by atoms with E-state index < -0.39 is 0 Å². The fourth-order valence-corrected chi connectivity index (χ4v) is 4.45. The van der Waals surface area contributed by atoms with Gasteiger partial charge < -0.3 is 19.7 Å². The SMILES string of the molecule is Cc1ccc2ncc(C#N)c(N3CCC(C(=O)Nc4ccc5c(c4)OCCO5)CC3)c2c1. The Labute approximate surface area is 186 Å². The highest BCUT2D eigenvalue weighted by atomic mass is 16.6. The van der Waals surface area contributed by atoms with Gasteiger partial charge in [-0.3, -0.25) is 9.78 Å². The molecule has 0 radical (unpaired) electrons. The number of benzene rings is 2. The lowest BCUT2D eigenvalue weighted by Crippen LogP contribution is -2.38. The van der Waals surface area contributed by atoms with Crippen LogP contribution in [0.1, 0.15) is 24.0 Å². The number of fused-ring (bicyclic) bond motifs is 2. The number of hydrogen-bond donors (Lipinski definition) is 1. The van der Waals surface area contributed by atoms with Crippen LogP contribution in [-0.2, 0) is 4.79 Å². The van der Waals surface area contributed by atoms with Crippen molar-refractivity contribution >= 4 is 28.2 Å². The minimum Gasteiger partial charge on any atom is -0.486 e. The molecular formula is C25H24N4O3. The van der Waals surface area contributed by atoms with Crippen LogP contribution in [0.3, 0.4) is 0 Å². The molecule has 1 amide bonds. The Balaban J connectivity index is 1.30. The molecule has 1 N–H and O–H groups in total. The van der Waals surface area contributed by atoms with E-state index in [1.807, 2.05) is 37.3 Å². The molecule has 32 heavy (non-hydrogen) atoms. The number of nitrogens with zero attached hydrogens (tertiary/aromatic N) is 3. The molecule has 162 valence electrons. The average molecular weight is 428 g/mol. The molecular weight excluding hydrogens is 404 g/mol. The van der Waals surface area contributed by atoms with E-state index in [1.165, 1.54) is 0 Å². The van der Waals surface area contributed by atoms with Gasteiger partial charge in [0.1, 0.15) is 19.3 Å². The Hall–Kier alpha value is -3.79. The van der Waals surface area contributed by atoms with Gasteiger partial charge in [0, 0.05) is 42.3 Å². The topological polar surface area (TPSA) is 87.5 Å². The number of piperidine rings is 1. The van der Waals surface area contributed by atoms with Gasteiger partial charge >= 0.3 is 0 Å². The van der Waals surface area contributed by atoms with Crippen molar-refractivity contribution < 1.29 is 14.3 Å². The van der Waals surface area contributed by atoms with Crippen LogP contribution in [0, 0.1) is 24.2 Å². The second-order valence-corrected chi connectivity index (χ2v) is 8.26. The van der Waals surface area contributed by atoms with E-state index in [2.05, 4.69) is 27.3 Å². The molecule has 2 aromatic carbocycles. The first-order valence-corrected chi connectivity index (χ1v) is 10.9. The molecule has 7 heteroatoms. The Kier molecular flexibility index (Phi) is 5.28. The van der Waals surface area contributed by atoms with E-state index in [-0.39, 0.29) is 11.8 Å². The summed E-state index contributed by atoms with van der Waals surface area (Å²) in [5.41, 5.74) is 4.21. The summed E-state index contributed by atoms with van der Waals surface area (Å²) in [6, 6.07) is 13.9. The van der Waals surface area contributed by atoms with Gasteiger partial charge in [-0.2, -0.15) is 5.26 Å². The number of anilines is 2. The number of carbonyl (C=O) groups is 1. The van der Waals surface area contributed by atoms with Crippen molar-refractivity contribution in [3.63, 3.8) is 0 Å². The van der Waals surface area contributed by atoms with E-state index in [4.69, 9.17) is 9.47 Å². The lowest BCUT2D eigenvalue weighted by Gasteiger charge is -2.34. The van der Waals surface area contributed by atoms with Gasteiger partial charge in [0.2, 0.25) is 5.91 Å². The molecule has 3 aromatic rings. The van der Waals surface area contributed by atoms with Gasteiger partial charge in [0.05, 0.1) is 16.8 Å². The largest absolute Gasteiger partial charge is 0.486 e.